The Labute approximate surface area is 302 Å². The Bertz CT molecular complexity index is 1570. The molecule has 8 heteroatoms. The van der Waals surface area contributed by atoms with E-state index < -0.39 is 9.84 Å². The summed E-state index contributed by atoms with van der Waals surface area (Å²) < 4.78 is 28.9. The molecule has 3 saturated carbocycles. The van der Waals surface area contributed by atoms with E-state index in [-0.39, 0.29) is 45.1 Å². The molecular weight excluding hydrogens is 645 g/mol. The first kappa shape index (κ1) is 37.7. The molecule has 278 valence electrons. The predicted octanol–water partition coefficient (Wildman–Crippen LogP) is 7.46. The number of nitrogens with one attached hydrogen (secondary N) is 1. The second kappa shape index (κ2) is 13.7. The smallest absolute Gasteiger partial charge is 0.337 e. The minimum atomic E-state index is -2.89. The van der Waals surface area contributed by atoms with Gasteiger partial charge in [0.1, 0.15) is 5.78 Å². The van der Waals surface area contributed by atoms with Crippen molar-refractivity contribution < 1.29 is 22.7 Å². The molecule has 6 rings (SSSR count). The van der Waals surface area contributed by atoms with Crippen LogP contribution in [0.2, 0.25) is 0 Å². The number of methoxy groups -OCH3 is 1. The van der Waals surface area contributed by atoms with Crippen LogP contribution in [0.15, 0.2) is 30.3 Å². The van der Waals surface area contributed by atoms with E-state index in [1.54, 1.807) is 0 Å². The van der Waals surface area contributed by atoms with Gasteiger partial charge in [-0.3, -0.25) is 4.79 Å². The number of hydrogen-bond acceptors (Lipinski definition) is 7. The molecule has 0 aromatic heterocycles. The molecule has 1 aromatic rings. The van der Waals surface area contributed by atoms with Crippen LogP contribution in [0.1, 0.15) is 116 Å². The van der Waals surface area contributed by atoms with Gasteiger partial charge >= 0.3 is 5.97 Å². The fraction of sp³-hybridized carbons (Fsp3) is 0.762. The molecule has 9 atom stereocenters. The molecule has 0 radical (unpaired) electrons. The number of nitrogens with zero attached hydrogens (tertiary/aromatic N) is 1. The van der Waals surface area contributed by atoms with Gasteiger partial charge in [0, 0.05) is 38.1 Å². The van der Waals surface area contributed by atoms with Crippen LogP contribution in [0, 0.1) is 51.2 Å². The number of hydrogen-bond donors (Lipinski definition) is 1. The van der Waals surface area contributed by atoms with Crippen LogP contribution in [0.3, 0.4) is 0 Å². The maximum atomic E-state index is 13.3. The number of Topliss-reactive ketones (excluding diaryl/α,β-unsaturated/α-hetero) is 1. The number of benzene rings is 1. The van der Waals surface area contributed by atoms with Crippen molar-refractivity contribution in [1.82, 2.24) is 10.2 Å². The topological polar surface area (TPSA) is 92.8 Å². The molecule has 50 heavy (non-hydrogen) atoms. The van der Waals surface area contributed by atoms with Gasteiger partial charge in [0.15, 0.2) is 9.84 Å². The minimum Gasteiger partial charge on any atom is -0.465 e. The van der Waals surface area contributed by atoms with E-state index in [9.17, 15) is 18.0 Å². The van der Waals surface area contributed by atoms with E-state index in [0.717, 1.165) is 32.4 Å². The molecule has 1 heterocycles. The van der Waals surface area contributed by atoms with Crippen LogP contribution in [-0.2, 0) is 19.4 Å². The molecule has 0 amide bonds. The second-order valence-electron chi connectivity index (χ2n) is 18.1. The first-order valence-electron chi connectivity index (χ1n) is 19.6. The van der Waals surface area contributed by atoms with Crippen LogP contribution >= 0.6 is 0 Å². The van der Waals surface area contributed by atoms with Gasteiger partial charge in [0.2, 0.25) is 0 Å². The molecule has 7 nitrogen and oxygen atoms in total. The van der Waals surface area contributed by atoms with Crippen LogP contribution in [-0.4, -0.2) is 75.9 Å². The first-order valence-corrected chi connectivity index (χ1v) is 21.4. The largest absolute Gasteiger partial charge is 0.465 e. The molecule has 1 N–H and O–H groups in total. The lowest BCUT2D eigenvalue weighted by molar-refractivity contribution is -0.216. The van der Waals surface area contributed by atoms with Crippen molar-refractivity contribution in [2.75, 3.05) is 44.8 Å². The number of carbonyl (C=O) groups excluding carboxylic acids is 2. The Morgan fingerprint density at radius 3 is 2.22 bits per heavy atom. The second-order valence-corrected chi connectivity index (χ2v) is 20.4. The molecule has 1 aromatic carbocycles. The summed E-state index contributed by atoms with van der Waals surface area (Å²) in [7, 11) is -1.46. The standard InChI is InChI=1S/C42H64N2O5S/c1-9-31(28(2)45)37-33-14-15-36-40(5)19-16-32(29-10-12-30(13-11-29)38(46)49-8)39(3,4)35(40)18-21-42(36,7)41(33,6)20-17-34(37)43-22-23-44-24-26-50(47,48)27-25-44/h10-13,16,31,33-37,43H,9,14-15,17-27H2,1-8H3. The van der Waals surface area contributed by atoms with Gasteiger partial charge in [-0.1, -0.05) is 59.8 Å². The number of esters is 1. The summed E-state index contributed by atoms with van der Waals surface area (Å²) in [4.78, 5) is 27.8. The van der Waals surface area contributed by atoms with Gasteiger partial charge in [-0.2, -0.15) is 0 Å². The third-order valence-corrected chi connectivity index (χ3v) is 17.3. The Morgan fingerprint density at radius 1 is 0.940 bits per heavy atom. The number of ketones is 1. The number of allylic oxidation sites excluding steroid dienone is 2. The highest BCUT2D eigenvalue weighted by molar-refractivity contribution is 7.91. The van der Waals surface area contributed by atoms with E-state index in [0.29, 0.717) is 54.1 Å². The zero-order chi connectivity index (χ0) is 36.3. The van der Waals surface area contributed by atoms with E-state index >= 15 is 0 Å². The predicted molar refractivity (Wildman–Crippen MR) is 201 cm³/mol. The normalized spacial score (nSPS) is 38.5. The van der Waals surface area contributed by atoms with Crippen LogP contribution in [0.4, 0.5) is 0 Å². The molecule has 4 fully saturated rings. The summed E-state index contributed by atoms with van der Waals surface area (Å²) in [6.07, 6.45) is 11.6. The van der Waals surface area contributed by atoms with E-state index in [4.69, 9.17) is 4.74 Å². The Hall–Kier alpha value is -2.03. The number of fused-ring (bicyclic) bond motifs is 5. The van der Waals surface area contributed by atoms with Crippen LogP contribution < -0.4 is 5.32 Å². The number of sulfone groups is 1. The maximum Gasteiger partial charge on any atom is 0.337 e. The highest BCUT2D eigenvalue weighted by Gasteiger charge is 2.68. The third kappa shape index (κ3) is 6.25. The van der Waals surface area contributed by atoms with Gasteiger partial charge < -0.3 is 15.0 Å². The fourth-order valence-electron chi connectivity index (χ4n) is 13.0. The molecule has 0 spiro atoms. The van der Waals surface area contributed by atoms with Gasteiger partial charge in [-0.15, -0.1) is 0 Å². The molecular formula is C42H64N2O5S. The van der Waals surface area contributed by atoms with Crippen LogP contribution in [0.5, 0.6) is 0 Å². The quantitative estimate of drug-likeness (QED) is 0.267. The molecule has 1 saturated heterocycles. The lowest BCUT2D eigenvalue weighted by Gasteiger charge is -2.72. The van der Waals surface area contributed by atoms with Crippen molar-refractivity contribution in [2.24, 2.45) is 51.2 Å². The average Bonchev–Trinajstić information content (AvgIpc) is 3.06. The maximum absolute atomic E-state index is 13.3. The van der Waals surface area contributed by atoms with Crippen LogP contribution in [0.25, 0.3) is 5.57 Å². The van der Waals surface area contributed by atoms with Gasteiger partial charge in [-0.05, 0) is 127 Å². The zero-order valence-electron chi connectivity index (χ0n) is 32.1. The lowest BCUT2D eigenvalue weighted by atomic mass is 9.33. The Balaban J connectivity index is 1.25. The SMILES string of the molecule is CCC(C(C)=O)C1C(NCCN2CCS(=O)(=O)CC2)CCC2(C)C1CCC1C3(C)CC=C(c4ccc(C(=O)OC)cc4)C(C)(C)C3CCC12C. The monoisotopic (exact) mass is 708 g/mol. The number of ether oxygens (including phenoxy) is 1. The average molecular weight is 709 g/mol. The number of rotatable bonds is 9. The summed E-state index contributed by atoms with van der Waals surface area (Å²) >= 11 is 0. The van der Waals surface area contributed by atoms with Gasteiger partial charge in [-0.25, -0.2) is 13.2 Å². The summed E-state index contributed by atoms with van der Waals surface area (Å²) in [5, 5.41) is 3.96. The Kier molecular flexibility index (Phi) is 10.4. The first-order chi connectivity index (χ1) is 23.5. The van der Waals surface area contributed by atoms with E-state index in [2.05, 4.69) is 70.0 Å². The molecule has 5 aliphatic rings. The summed E-state index contributed by atoms with van der Waals surface area (Å²) in [6, 6.07) is 8.32. The summed E-state index contributed by atoms with van der Waals surface area (Å²) in [6.45, 7) is 19.8. The van der Waals surface area contributed by atoms with Crippen molar-refractivity contribution in [3.05, 3.63) is 41.5 Å². The summed E-state index contributed by atoms with van der Waals surface area (Å²) in [5.74, 6) is 2.63. The third-order valence-electron chi connectivity index (χ3n) is 15.7. The van der Waals surface area contributed by atoms with E-state index in [1.165, 1.54) is 50.4 Å². The van der Waals surface area contributed by atoms with Crippen molar-refractivity contribution in [1.29, 1.82) is 0 Å². The molecule has 0 bridgehead atoms. The van der Waals surface area contributed by atoms with Crippen molar-refractivity contribution in [3.8, 4) is 0 Å². The van der Waals surface area contributed by atoms with Crippen molar-refractivity contribution >= 4 is 27.2 Å². The van der Waals surface area contributed by atoms with Crippen molar-refractivity contribution in [3.63, 3.8) is 0 Å². The zero-order valence-corrected chi connectivity index (χ0v) is 33.0. The molecule has 4 aliphatic carbocycles. The highest BCUT2D eigenvalue weighted by atomic mass is 32.2. The minimum absolute atomic E-state index is 0.00343. The van der Waals surface area contributed by atoms with Gasteiger partial charge in [0.25, 0.3) is 0 Å². The summed E-state index contributed by atoms with van der Waals surface area (Å²) in [5.41, 5.74) is 3.76. The van der Waals surface area contributed by atoms with Gasteiger partial charge in [0.05, 0.1) is 24.2 Å². The van der Waals surface area contributed by atoms with Crippen molar-refractivity contribution in [2.45, 2.75) is 106 Å². The molecule has 1 aliphatic heterocycles. The number of carbonyl (C=O) groups is 2. The fourth-order valence-corrected chi connectivity index (χ4v) is 14.3. The Morgan fingerprint density at radius 2 is 1.60 bits per heavy atom. The lowest BCUT2D eigenvalue weighted by Crippen LogP contribution is -2.66. The van der Waals surface area contributed by atoms with E-state index in [1.807, 2.05) is 19.1 Å². The molecule has 9 unspecified atom stereocenters. The highest BCUT2D eigenvalue weighted by Crippen LogP contribution is 2.75.